The highest BCUT2D eigenvalue weighted by atomic mass is 32.2. The van der Waals surface area contributed by atoms with Crippen molar-refractivity contribution in [2.24, 2.45) is 5.10 Å². The number of carbonyl (C=O) groups is 1. The van der Waals surface area contributed by atoms with E-state index in [1.54, 1.807) is 29.2 Å². The number of aryl methyl sites for hydroxylation is 3. The van der Waals surface area contributed by atoms with E-state index in [-0.39, 0.29) is 17.2 Å². The Morgan fingerprint density at radius 1 is 1.17 bits per heavy atom. The number of rotatable bonds is 7. The van der Waals surface area contributed by atoms with Crippen molar-refractivity contribution in [1.29, 1.82) is 0 Å². The number of thioether (sulfide) groups is 1. The van der Waals surface area contributed by atoms with Crippen LogP contribution >= 0.6 is 23.1 Å². The number of ether oxygens (including phenoxy) is 1. The number of benzene rings is 2. The van der Waals surface area contributed by atoms with E-state index in [1.807, 2.05) is 55.5 Å². The molecular weight excluding hydrogens is 492 g/mol. The lowest BCUT2D eigenvalue weighted by Crippen LogP contribution is -2.24. The van der Waals surface area contributed by atoms with Gasteiger partial charge in [-0.05, 0) is 80.1 Å². The van der Waals surface area contributed by atoms with Gasteiger partial charge in [-0.15, -0.1) is 11.3 Å². The Morgan fingerprint density at radius 3 is 2.67 bits per heavy atom. The zero-order valence-corrected chi connectivity index (χ0v) is 21.7. The van der Waals surface area contributed by atoms with Crippen molar-refractivity contribution in [3.63, 3.8) is 0 Å². The maximum atomic E-state index is 13.8. The Labute approximate surface area is 217 Å². The lowest BCUT2D eigenvalue weighted by Gasteiger charge is -2.13. The van der Waals surface area contributed by atoms with E-state index in [4.69, 9.17) is 9.72 Å². The van der Waals surface area contributed by atoms with Gasteiger partial charge < -0.3 is 4.74 Å². The monoisotopic (exact) mass is 518 g/mol. The Balaban J connectivity index is 1.40. The van der Waals surface area contributed by atoms with Crippen LogP contribution < -0.4 is 15.7 Å². The number of aromatic nitrogens is 2. The smallest absolute Gasteiger partial charge is 0.267 e. The molecule has 1 aliphatic rings. The average Bonchev–Trinajstić information content (AvgIpc) is 3.27. The summed E-state index contributed by atoms with van der Waals surface area (Å²) in [6, 6.07) is 15.2. The molecule has 0 radical (unpaired) electrons. The van der Waals surface area contributed by atoms with Crippen LogP contribution in [0.4, 0.5) is 0 Å². The fourth-order valence-electron chi connectivity index (χ4n) is 4.24. The zero-order chi connectivity index (χ0) is 25.1. The van der Waals surface area contributed by atoms with Crippen LogP contribution in [0.25, 0.3) is 15.9 Å². The standard InChI is InChI=1S/C27H26N4O3S2/c1-17-7-11-19(12-8-17)31-26(33)24-21-5-3-4-6-22(21)36-25(24)29-27(31)35-16-23(32)30-28-15-18-9-13-20(34-2)14-10-18/h7-15H,3-6,16H2,1-2H3,(H,30,32). The van der Waals surface area contributed by atoms with Crippen molar-refractivity contribution in [2.45, 2.75) is 37.8 Å². The highest BCUT2D eigenvalue weighted by Crippen LogP contribution is 2.35. The molecule has 9 heteroatoms. The first kappa shape index (κ1) is 24.3. The maximum absolute atomic E-state index is 13.8. The fourth-order valence-corrected chi connectivity index (χ4v) is 6.34. The van der Waals surface area contributed by atoms with E-state index in [2.05, 4.69) is 10.5 Å². The van der Waals surface area contributed by atoms with E-state index in [0.29, 0.717) is 5.16 Å². The van der Waals surface area contributed by atoms with Gasteiger partial charge in [-0.25, -0.2) is 10.4 Å². The quantitative estimate of drug-likeness (QED) is 0.163. The molecule has 0 atom stereocenters. The van der Waals surface area contributed by atoms with Crippen molar-refractivity contribution < 1.29 is 9.53 Å². The number of fused-ring (bicyclic) bond motifs is 3. The molecular formula is C27H26N4O3S2. The predicted molar refractivity (Wildman–Crippen MR) is 146 cm³/mol. The highest BCUT2D eigenvalue weighted by Gasteiger charge is 2.23. The maximum Gasteiger partial charge on any atom is 0.267 e. The van der Waals surface area contributed by atoms with Gasteiger partial charge in [0.2, 0.25) is 0 Å². The highest BCUT2D eigenvalue weighted by molar-refractivity contribution is 7.99. The Morgan fingerprint density at radius 2 is 1.92 bits per heavy atom. The van der Waals surface area contributed by atoms with Crippen molar-refractivity contribution in [3.05, 3.63) is 80.5 Å². The van der Waals surface area contributed by atoms with Crippen molar-refractivity contribution in [2.75, 3.05) is 12.9 Å². The topological polar surface area (TPSA) is 85.6 Å². The molecule has 184 valence electrons. The second-order valence-corrected chi connectivity index (χ2v) is 10.6. The molecule has 0 saturated carbocycles. The molecule has 0 bridgehead atoms. The van der Waals surface area contributed by atoms with Gasteiger partial charge in [0.1, 0.15) is 10.6 Å². The van der Waals surface area contributed by atoms with Crippen LogP contribution in [0.15, 0.2) is 63.6 Å². The molecule has 0 saturated heterocycles. The van der Waals surface area contributed by atoms with Gasteiger partial charge in [0.15, 0.2) is 5.16 Å². The number of carbonyl (C=O) groups excluding carboxylic acids is 1. The molecule has 7 nitrogen and oxygen atoms in total. The van der Waals surface area contributed by atoms with Crippen molar-refractivity contribution in [1.82, 2.24) is 15.0 Å². The summed E-state index contributed by atoms with van der Waals surface area (Å²) in [7, 11) is 1.61. The third-order valence-electron chi connectivity index (χ3n) is 6.10. The number of hydrogen-bond acceptors (Lipinski definition) is 7. The molecule has 0 spiro atoms. The molecule has 0 fully saturated rings. The van der Waals surface area contributed by atoms with Gasteiger partial charge in [-0.3, -0.25) is 14.2 Å². The first-order valence-corrected chi connectivity index (χ1v) is 13.6. The third kappa shape index (κ3) is 5.08. The van der Waals surface area contributed by atoms with Crippen LogP contribution in [-0.2, 0) is 17.6 Å². The summed E-state index contributed by atoms with van der Waals surface area (Å²) in [6.07, 6.45) is 5.73. The minimum atomic E-state index is -0.278. The molecule has 36 heavy (non-hydrogen) atoms. The Bertz CT molecular complexity index is 1490. The summed E-state index contributed by atoms with van der Waals surface area (Å²) < 4.78 is 6.79. The summed E-state index contributed by atoms with van der Waals surface area (Å²) >= 11 is 2.85. The van der Waals surface area contributed by atoms with E-state index >= 15 is 0 Å². The number of thiophene rings is 1. The lowest BCUT2D eigenvalue weighted by molar-refractivity contribution is -0.118. The number of nitrogens with one attached hydrogen (secondary N) is 1. The largest absolute Gasteiger partial charge is 0.497 e. The summed E-state index contributed by atoms with van der Waals surface area (Å²) in [5.41, 5.74) is 6.34. The van der Waals surface area contributed by atoms with E-state index < -0.39 is 0 Å². The van der Waals surface area contributed by atoms with Crippen LogP contribution in [0.3, 0.4) is 0 Å². The predicted octanol–water partition coefficient (Wildman–Crippen LogP) is 4.89. The van der Waals surface area contributed by atoms with E-state index in [9.17, 15) is 9.59 Å². The van der Waals surface area contributed by atoms with Gasteiger partial charge in [-0.1, -0.05) is 29.5 Å². The van der Waals surface area contributed by atoms with E-state index in [0.717, 1.165) is 64.0 Å². The summed E-state index contributed by atoms with van der Waals surface area (Å²) in [6.45, 7) is 2.01. The molecule has 4 aromatic rings. The van der Waals surface area contributed by atoms with Crippen molar-refractivity contribution in [3.8, 4) is 11.4 Å². The molecule has 2 heterocycles. The third-order valence-corrected chi connectivity index (χ3v) is 8.23. The minimum Gasteiger partial charge on any atom is -0.497 e. The number of hydrazone groups is 1. The fraction of sp³-hybridized carbons (Fsp3) is 0.259. The first-order valence-electron chi connectivity index (χ1n) is 11.8. The van der Waals surface area contributed by atoms with Crippen LogP contribution in [0, 0.1) is 6.92 Å². The molecule has 0 aliphatic heterocycles. The van der Waals surface area contributed by atoms with Crippen LogP contribution in [0.2, 0.25) is 0 Å². The molecule has 1 aliphatic carbocycles. The minimum absolute atomic E-state index is 0.0660. The van der Waals surface area contributed by atoms with Gasteiger partial charge in [0.05, 0.1) is 30.2 Å². The number of amides is 1. The van der Waals surface area contributed by atoms with Crippen LogP contribution in [0.1, 0.15) is 34.4 Å². The molecule has 1 N–H and O–H groups in total. The molecule has 2 aromatic carbocycles. The van der Waals surface area contributed by atoms with Gasteiger partial charge >= 0.3 is 0 Å². The van der Waals surface area contributed by atoms with Gasteiger partial charge in [0.25, 0.3) is 11.5 Å². The Kier molecular flexibility index (Phi) is 7.20. The summed E-state index contributed by atoms with van der Waals surface area (Å²) in [5, 5.41) is 5.28. The molecule has 1 amide bonds. The number of methoxy groups -OCH3 is 1. The Hall–Kier alpha value is -3.43. The molecule has 2 aromatic heterocycles. The van der Waals surface area contributed by atoms with Crippen LogP contribution in [-0.4, -0.2) is 34.5 Å². The first-order chi connectivity index (χ1) is 17.5. The average molecular weight is 519 g/mol. The number of hydrogen-bond donors (Lipinski definition) is 1. The van der Waals surface area contributed by atoms with Gasteiger partial charge in [0, 0.05) is 4.88 Å². The molecule has 0 unspecified atom stereocenters. The molecule has 5 rings (SSSR count). The SMILES string of the molecule is COc1ccc(C=NNC(=O)CSc2nc3sc4c(c3c(=O)n2-c2ccc(C)cc2)CCCC4)cc1. The van der Waals surface area contributed by atoms with Crippen LogP contribution in [0.5, 0.6) is 5.75 Å². The van der Waals surface area contributed by atoms with E-state index in [1.165, 1.54) is 16.6 Å². The second kappa shape index (κ2) is 10.7. The number of nitrogens with zero attached hydrogens (tertiary/aromatic N) is 3. The van der Waals surface area contributed by atoms with Gasteiger partial charge in [-0.2, -0.15) is 5.10 Å². The second-order valence-electron chi connectivity index (χ2n) is 8.62. The van der Waals surface area contributed by atoms with Crippen molar-refractivity contribution >= 4 is 45.4 Å². The summed E-state index contributed by atoms with van der Waals surface area (Å²) in [5.74, 6) is 0.554. The zero-order valence-electron chi connectivity index (χ0n) is 20.1. The lowest BCUT2D eigenvalue weighted by atomic mass is 9.97. The summed E-state index contributed by atoms with van der Waals surface area (Å²) in [4.78, 5) is 33.2. The normalized spacial score (nSPS) is 13.2.